The van der Waals surface area contributed by atoms with Gasteiger partial charge in [0.2, 0.25) is 5.82 Å². The summed E-state index contributed by atoms with van der Waals surface area (Å²) < 4.78 is 1.63. The molecule has 0 aliphatic rings. The van der Waals surface area contributed by atoms with Gasteiger partial charge in [-0.2, -0.15) is 0 Å². The van der Waals surface area contributed by atoms with E-state index in [4.69, 9.17) is 0 Å². The molecule has 2 N–H and O–H groups in total. The van der Waals surface area contributed by atoms with Crippen molar-refractivity contribution in [3.63, 3.8) is 0 Å². The van der Waals surface area contributed by atoms with Crippen molar-refractivity contribution >= 4 is 17.3 Å². The number of fused-ring (bicyclic) bond motifs is 1. The number of carbonyl (C=O) groups is 2. The molecular formula is C19H22N6O2. The smallest absolute Gasteiger partial charge is 0.287 e. The maximum Gasteiger partial charge on any atom is 0.287 e. The molecule has 0 aliphatic carbocycles. The Balaban J connectivity index is 1.79. The number of nitrogens with zero attached hydrogens (tertiary/aromatic N) is 4. The molecule has 3 aromatic rings. The van der Waals surface area contributed by atoms with Crippen molar-refractivity contribution in [2.75, 3.05) is 27.2 Å². The molecule has 2 amide bonds. The Hall–Kier alpha value is -3.26. The highest BCUT2D eigenvalue weighted by atomic mass is 16.2. The first kappa shape index (κ1) is 18.5. The zero-order valence-electron chi connectivity index (χ0n) is 15.3. The fraction of sp³-hybridized carbons (Fsp3) is 0.263. The second kappa shape index (κ2) is 8.41. The lowest BCUT2D eigenvalue weighted by Crippen LogP contribution is -2.32. The topological polar surface area (TPSA) is 91.6 Å². The van der Waals surface area contributed by atoms with Crippen molar-refractivity contribution in [1.82, 2.24) is 29.9 Å². The van der Waals surface area contributed by atoms with Crippen LogP contribution in [-0.2, 0) is 6.54 Å². The molecule has 0 fully saturated rings. The van der Waals surface area contributed by atoms with Crippen LogP contribution in [0.2, 0.25) is 0 Å². The van der Waals surface area contributed by atoms with Gasteiger partial charge in [-0.05, 0) is 43.9 Å². The fourth-order valence-electron chi connectivity index (χ4n) is 2.60. The number of aromatic nitrogens is 3. The summed E-state index contributed by atoms with van der Waals surface area (Å²) in [6, 6.07) is 9.03. The number of hydrogen-bond donors (Lipinski definition) is 2. The number of hydrogen-bond acceptors (Lipinski definition) is 5. The van der Waals surface area contributed by atoms with Gasteiger partial charge in [0.25, 0.3) is 11.8 Å². The van der Waals surface area contributed by atoms with E-state index in [1.165, 1.54) is 0 Å². The zero-order valence-corrected chi connectivity index (χ0v) is 15.3. The Morgan fingerprint density at radius 1 is 1.07 bits per heavy atom. The first-order valence-electron chi connectivity index (χ1n) is 8.63. The van der Waals surface area contributed by atoms with Gasteiger partial charge in [-0.25, -0.2) is 4.98 Å². The van der Waals surface area contributed by atoms with Crippen molar-refractivity contribution in [3.05, 3.63) is 66.0 Å². The minimum absolute atomic E-state index is 0.193. The number of nitrogens with one attached hydrogen (secondary N) is 2. The standard InChI is InChI=1S/C19H22N6O2/c1-24(2)12-10-21-19(27)17-23-16(15-5-3-4-11-25(15)17)18(26)22-13-14-6-8-20-9-7-14/h3-9,11H,10,12-13H2,1-2H3,(H,21,27)(H,22,26). The average molecular weight is 366 g/mol. The molecule has 27 heavy (non-hydrogen) atoms. The highest BCUT2D eigenvalue weighted by Crippen LogP contribution is 2.13. The molecule has 8 heteroatoms. The van der Waals surface area contributed by atoms with Gasteiger partial charge in [-0.1, -0.05) is 6.07 Å². The molecule has 0 aromatic carbocycles. The third-order valence-electron chi connectivity index (χ3n) is 4.01. The molecule has 0 saturated heterocycles. The Bertz CT molecular complexity index is 936. The van der Waals surface area contributed by atoms with E-state index in [1.54, 1.807) is 35.1 Å². The normalized spacial score (nSPS) is 10.9. The van der Waals surface area contributed by atoms with E-state index in [-0.39, 0.29) is 23.3 Å². The van der Waals surface area contributed by atoms with Crippen molar-refractivity contribution in [2.24, 2.45) is 0 Å². The van der Waals surface area contributed by atoms with Crippen LogP contribution in [0.1, 0.15) is 26.7 Å². The molecule has 0 radical (unpaired) electrons. The summed E-state index contributed by atoms with van der Waals surface area (Å²) in [6.07, 6.45) is 5.07. The molecule has 0 saturated carbocycles. The number of rotatable bonds is 7. The van der Waals surface area contributed by atoms with Crippen molar-refractivity contribution in [3.8, 4) is 0 Å². The van der Waals surface area contributed by atoms with Crippen LogP contribution in [0.15, 0.2) is 48.9 Å². The number of amides is 2. The van der Waals surface area contributed by atoms with Crippen LogP contribution in [0, 0.1) is 0 Å². The lowest BCUT2D eigenvalue weighted by molar-refractivity contribution is 0.0940. The first-order valence-corrected chi connectivity index (χ1v) is 8.63. The molecule has 3 aromatic heterocycles. The van der Waals surface area contributed by atoms with E-state index >= 15 is 0 Å². The second-order valence-corrected chi connectivity index (χ2v) is 6.34. The summed E-state index contributed by atoms with van der Waals surface area (Å²) in [5, 5.41) is 5.67. The molecule has 0 spiro atoms. The zero-order chi connectivity index (χ0) is 19.2. The Morgan fingerprint density at radius 2 is 1.85 bits per heavy atom. The SMILES string of the molecule is CN(C)CCNC(=O)c1nc(C(=O)NCc2ccncc2)c2ccccn12. The molecule has 3 rings (SSSR count). The van der Waals surface area contributed by atoms with Crippen LogP contribution in [0.3, 0.4) is 0 Å². The first-order chi connectivity index (χ1) is 13.1. The Morgan fingerprint density at radius 3 is 2.59 bits per heavy atom. The number of carbonyl (C=O) groups excluding carboxylic acids is 2. The van der Waals surface area contributed by atoms with Gasteiger partial charge in [0.05, 0.1) is 5.52 Å². The highest BCUT2D eigenvalue weighted by molar-refractivity contribution is 6.02. The van der Waals surface area contributed by atoms with E-state index in [2.05, 4.69) is 20.6 Å². The van der Waals surface area contributed by atoms with Gasteiger partial charge in [-0.3, -0.25) is 19.0 Å². The predicted octanol–water partition coefficient (Wildman–Crippen LogP) is 0.951. The minimum atomic E-state index is -0.331. The van der Waals surface area contributed by atoms with Gasteiger partial charge < -0.3 is 15.5 Å². The van der Waals surface area contributed by atoms with Crippen molar-refractivity contribution in [1.29, 1.82) is 0 Å². The third kappa shape index (κ3) is 4.48. The van der Waals surface area contributed by atoms with Gasteiger partial charge in [0.15, 0.2) is 5.69 Å². The van der Waals surface area contributed by atoms with Crippen LogP contribution in [0.25, 0.3) is 5.52 Å². The maximum atomic E-state index is 12.6. The molecule has 0 atom stereocenters. The van der Waals surface area contributed by atoms with Crippen LogP contribution in [0.4, 0.5) is 0 Å². The molecular weight excluding hydrogens is 344 g/mol. The van der Waals surface area contributed by atoms with E-state index < -0.39 is 0 Å². The van der Waals surface area contributed by atoms with Gasteiger partial charge in [-0.15, -0.1) is 0 Å². The summed E-state index contributed by atoms with van der Waals surface area (Å²) in [5.74, 6) is -0.451. The fourth-order valence-corrected chi connectivity index (χ4v) is 2.60. The average Bonchev–Trinajstić information content (AvgIpc) is 3.06. The molecule has 3 heterocycles. The van der Waals surface area contributed by atoms with Gasteiger partial charge >= 0.3 is 0 Å². The summed E-state index contributed by atoms with van der Waals surface area (Å²) in [6.45, 7) is 1.57. The maximum absolute atomic E-state index is 12.6. The van der Waals surface area contributed by atoms with Crippen molar-refractivity contribution < 1.29 is 9.59 Å². The van der Waals surface area contributed by atoms with Crippen LogP contribution >= 0.6 is 0 Å². The molecule has 8 nitrogen and oxygen atoms in total. The monoisotopic (exact) mass is 366 g/mol. The third-order valence-corrected chi connectivity index (χ3v) is 4.01. The van der Waals surface area contributed by atoms with Crippen molar-refractivity contribution in [2.45, 2.75) is 6.54 Å². The summed E-state index contributed by atoms with van der Waals surface area (Å²) in [4.78, 5) is 35.4. The Labute approximate surface area is 157 Å². The highest BCUT2D eigenvalue weighted by Gasteiger charge is 2.21. The van der Waals surface area contributed by atoms with Crippen LogP contribution in [0.5, 0.6) is 0 Å². The van der Waals surface area contributed by atoms with Crippen LogP contribution in [-0.4, -0.2) is 58.3 Å². The molecule has 0 aliphatic heterocycles. The number of imidazole rings is 1. The lowest BCUT2D eigenvalue weighted by Gasteiger charge is -2.09. The van der Waals surface area contributed by atoms with Gasteiger partial charge in [0.1, 0.15) is 0 Å². The number of pyridine rings is 2. The van der Waals surface area contributed by atoms with E-state index in [0.29, 0.717) is 25.2 Å². The van der Waals surface area contributed by atoms with Crippen LogP contribution < -0.4 is 10.6 Å². The number of likely N-dealkylation sites (N-methyl/N-ethyl adjacent to an activating group) is 1. The summed E-state index contributed by atoms with van der Waals surface area (Å²) in [5.41, 5.74) is 1.74. The Kier molecular flexibility index (Phi) is 5.77. The molecule has 0 bridgehead atoms. The second-order valence-electron chi connectivity index (χ2n) is 6.34. The summed E-state index contributed by atoms with van der Waals surface area (Å²) >= 11 is 0. The van der Waals surface area contributed by atoms with Gasteiger partial charge in [0, 0.05) is 38.2 Å². The minimum Gasteiger partial charge on any atom is -0.348 e. The summed E-state index contributed by atoms with van der Waals surface area (Å²) in [7, 11) is 3.87. The lowest BCUT2D eigenvalue weighted by atomic mass is 10.2. The molecule has 0 unspecified atom stereocenters. The largest absolute Gasteiger partial charge is 0.348 e. The quantitative estimate of drug-likeness (QED) is 0.650. The van der Waals surface area contributed by atoms with E-state index in [9.17, 15) is 9.59 Å². The van der Waals surface area contributed by atoms with E-state index in [0.717, 1.165) is 5.56 Å². The molecule has 140 valence electrons. The van der Waals surface area contributed by atoms with E-state index in [1.807, 2.05) is 37.2 Å². The predicted molar refractivity (Wildman–Crippen MR) is 101 cm³/mol.